The van der Waals surface area contributed by atoms with Gasteiger partial charge in [0.25, 0.3) is 0 Å². The smallest absolute Gasteiger partial charge is 0.431 e. The van der Waals surface area contributed by atoms with Crippen molar-refractivity contribution in [3.05, 3.63) is 132 Å². The van der Waals surface area contributed by atoms with Crippen molar-refractivity contribution in [1.29, 1.82) is 0 Å². The van der Waals surface area contributed by atoms with Gasteiger partial charge in [-0.05, 0) is 69.1 Å². The molecule has 2 unspecified atom stereocenters. The number of hydrogen-bond donors (Lipinski definition) is 14. The third-order valence-electron chi connectivity index (χ3n) is 18.5. The van der Waals surface area contributed by atoms with E-state index in [2.05, 4.69) is 32.3 Å². The van der Waals surface area contributed by atoms with Crippen LogP contribution in [0.3, 0.4) is 0 Å². The molecule has 0 saturated carbocycles. The summed E-state index contributed by atoms with van der Waals surface area (Å²) in [7, 11) is 0. The highest BCUT2D eigenvalue weighted by Gasteiger charge is 2.30. The molecule has 2 atom stereocenters. The van der Waals surface area contributed by atoms with Gasteiger partial charge < -0.3 is 70.4 Å². The molecule has 2 fully saturated rings. The first-order valence-corrected chi connectivity index (χ1v) is 36.7. The second kappa shape index (κ2) is 44.7. The van der Waals surface area contributed by atoms with Crippen molar-refractivity contribution in [1.82, 2.24) is 71.5 Å². The maximum Gasteiger partial charge on any atom is 0.431 e. The van der Waals surface area contributed by atoms with Gasteiger partial charge in [0.1, 0.15) is 23.0 Å². The third kappa shape index (κ3) is 29.7. The number of fused-ring (bicyclic) bond motifs is 2. The van der Waals surface area contributed by atoms with E-state index in [4.69, 9.17) is 18.9 Å². The molecule has 6 amide bonds. The van der Waals surface area contributed by atoms with Gasteiger partial charge in [0.15, 0.2) is 12.1 Å². The Kier molecular flexibility index (Phi) is 34.2. The minimum atomic E-state index is -1.55. The first-order chi connectivity index (χ1) is 55.5. The van der Waals surface area contributed by atoms with E-state index in [9.17, 15) is 108 Å². The summed E-state index contributed by atoms with van der Waals surface area (Å²) in [6.07, 6.45) is -2.92. The number of carbonyl (C=O) groups excluding carboxylic acids is 6. The summed E-state index contributed by atoms with van der Waals surface area (Å²) in [4.78, 5) is 189. The number of hydrogen-bond acceptors (Lipinski definition) is 26. The summed E-state index contributed by atoms with van der Waals surface area (Å²) in [5.74, 6) is -12.1. The molecule has 14 N–H and O–H groups in total. The standard InChI is InChI=1S/C76H92N14O26/c91-59(21-39-113-53-15-9-51(10-16-53)71(73(107)108)77-61(93)41-83-23-27-85(43-63(95)96)31-35-89(47-67(103)104)36-32-86(28-24-83)44-64(97)98)79-81-75(111)115-57-19-13-49-5-1-3-7-55(49)69(57)70-56-8-4-2-6-50(56)14-20-58(70)116-76(112)82-80-60(92)22-40-114-54-17-11-52(12-18-54)72(74(109)110)78-62(94)42-84-25-29-87(45-65(99)100)33-37-90(48-68(105)106)38-34-88(30-26-84)46-66(101)102/h1-20,71-72H,21-48H2,(H,77,93)(H,78,94)(H,79,91)(H,80,92)(H,81,111)(H,82,112)(H,95,96)(H,97,98)(H,99,100)(H,101,102)(H,103,104)(H,105,106)(H,107,108)(H,109,110). The Labute approximate surface area is 662 Å². The van der Waals surface area contributed by atoms with Gasteiger partial charge in [-0.2, -0.15) is 0 Å². The van der Waals surface area contributed by atoms with Crippen molar-refractivity contribution in [2.75, 3.05) is 170 Å². The third-order valence-corrected chi connectivity index (χ3v) is 18.5. The highest BCUT2D eigenvalue weighted by molar-refractivity contribution is 6.10. The van der Waals surface area contributed by atoms with Crippen molar-refractivity contribution in [3.63, 3.8) is 0 Å². The Morgan fingerprint density at radius 2 is 0.560 bits per heavy atom. The lowest BCUT2D eigenvalue weighted by Gasteiger charge is -2.33. The molecule has 0 bridgehead atoms. The van der Waals surface area contributed by atoms with Crippen LogP contribution in [0.25, 0.3) is 32.7 Å². The summed E-state index contributed by atoms with van der Waals surface area (Å²) >= 11 is 0. The predicted molar refractivity (Wildman–Crippen MR) is 409 cm³/mol. The van der Waals surface area contributed by atoms with Crippen molar-refractivity contribution < 1.29 is 127 Å². The fourth-order valence-corrected chi connectivity index (χ4v) is 12.8. The molecule has 622 valence electrons. The molecule has 2 aliphatic heterocycles. The van der Waals surface area contributed by atoms with E-state index in [1.807, 2.05) is 0 Å². The highest BCUT2D eigenvalue weighted by atomic mass is 16.6. The maximum atomic E-state index is 13.6. The van der Waals surface area contributed by atoms with Gasteiger partial charge in [-0.3, -0.25) is 98.0 Å². The number of nitrogens with one attached hydrogen (secondary N) is 6. The number of amides is 6. The molecule has 0 aliphatic carbocycles. The van der Waals surface area contributed by atoms with Gasteiger partial charge in [-0.25, -0.2) is 30.0 Å². The Hall–Kier alpha value is -12.7. The summed E-state index contributed by atoms with van der Waals surface area (Å²) < 4.78 is 23.2. The number of carbonyl (C=O) groups is 14. The fraction of sp³-hybridized carbons (Fsp3) is 0.395. The van der Waals surface area contributed by atoms with Gasteiger partial charge >= 0.3 is 59.9 Å². The quantitative estimate of drug-likeness (QED) is 0.0246. The first kappa shape index (κ1) is 88.9. The van der Waals surface area contributed by atoms with Crippen LogP contribution in [0.1, 0.15) is 36.1 Å². The number of carboxylic acid groups (broad SMARTS) is 8. The van der Waals surface area contributed by atoms with E-state index >= 15 is 0 Å². The van der Waals surface area contributed by atoms with Gasteiger partial charge in [-0.1, -0.05) is 84.9 Å². The van der Waals surface area contributed by atoms with Crippen molar-refractivity contribution >= 4 is 105 Å². The topological polar surface area (TPSA) is 536 Å². The van der Waals surface area contributed by atoms with E-state index in [1.165, 1.54) is 60.7 Å². The zero-order chi connectivity index (χ0) is 83.8. The van der Waals surface area contributed by atoms with E-state index in [-0.39, 0.29) is 228 Å². The van der Waals surface area contributed by atoms with Gasteiger partial charge in [-0.15, -0.1) is 0 Å². The SMILES string of the molecule is O=C(O)CN1CCN(CC(=O)O)CCN(CC(=O)NC(C(=O)O)c2ccc(OCCC(=O)NNC(=O)Oc3ccc4ccccc4c3-c3c(OC(=O)NNC(=O)CCOc4ccc(C(NC(=O)CN5CCN(CC(=O)O)CCN(CC(=O)O)CCN(CC(=O)O)CC5)C(=O)O)cc4)ccc4ccccc34)cc2)CCN(CC(=O)O)CC1. The summed E-state index contributed by atoms with van der Waals surface area (Å²) in [5.41, 5.74) is 9.80. The van der Waals surface area contributed by atoms with E-state index in [0.29, 0.717) is 21.5 Å². The maximum absolute atomic E-state index is 13.6. The molecule has 2 heterocycles. The molecule has 8 rings (SSSR count). The van der Waals surface area contributed by atoms with E-state index in [1.54, 1.807) is 99.9 Å². The Morgan fingerprint density at radius 1 is 0.302 bits per heavy atom. The van der Waals surface area contributed by atoms with Crippen LogP contribution in [-0.2, 0) is 57.5 Å². The molecular formula is C76H92N14O26. The fourth-order valence-electron chi connectivity index (χ4n) is 12.8. The van der Waals surface area contributed by atoms with Crippen molar-refractivity contribution in [2.45, 2.75) is 24.9 Å². The number of ether oxygens (including phenoxy) is 4. The number of carboxylic acids is 8. The van der Waals surface area contributed by atoms with E-state index in [0.717, 1.165) is 0 Å². The minimum absolute atomic E-state index is 0.0472. The largest absolute Gasteiger partial charge is 0.493 e. The Bertz CT molecular complexity index is 4140. The second-order valence-corrected chi connectivity index (χ2v) is 27.0. The number of benzene rings is 6. The summed E-state index contributed by atoms with van der Waals surface area (Å²) in [6, 6.07) is 28.6. The normalized spacial score (nSPS) is 15.7. The van der Waals surface area contributed by atoms with Crippen LogP contribution in [0.15, 0.2) is 121 Å². The van der Waals surface area contributed by atoms with Crippen LogP contribution in [0, 0.1) is 0 Å². The van der Waals surface area contributed by atoms with Crippen LogP contribution < -0.4 is 51.3 Å². The molecular weight excluding hydrogens is 1520 g/mol. The lowest BCUT2D eigenvalue weighted by molar-refractivity contribution is -0.142. The monoisotopic (exact) mass is 1620 g/mol. The molecule has 2 aliphatic rings. The molecule has 116 heavy (non-hydrogen) atoms. The van der Waals surface area contributed by atoms with Crippen LogP contribution in [0.4, 0.5) is 9.59 Å². The zero-order valence-corrected chi connectivity index (χ0v) is 63.0. The van der Waals surface area contributed by atoms with Gasteiger partial charge in [0.05, 0.1) is 78.4 Å². The first-order valence-electron chi connectivity index (χ1n) is 36.7. The minimum Gasteiger partial charge on any atom is -0.493 e. The molecule has 2 saturated heterocycles. The zero-order valence-electron chi connectivity index (χ0n) is 63.0. The molecule has 0 radical (unpaired) electrons. The van der Waals surface area contributed by atoms with Crippen molar-refractivity contribution in [3.8, 4) is 34.1 Å². The predicted octanol–water partition coefficient (Wildman–Crippen LogP) is 0.272. The average molecular weight is 1620 g/mol. The summed E-state index contributed by atoms with van der Waals surface area (Å²) in [6.45, 7) is -1.21. The van der Waals surface area contributed by atoms with Crippen LogP contribution in [0.2, 0.25) is 0 Å². The average Bonchev–Trinajstić information content (AvgIpc) is 0.751. The number of aliphatic carboxylic acids is 8. The van der Waals surface area contributed by atoms with Gasteiger partial charge in [0.2, 0.25) is 23.6 Å². The van der Waals surface area contributed by atoms with Crippen LogP contribution >= 0.6 is 0 Å². The van der Waals surface area contributed by atoms with Crippen molar-refractivity contribution in [2.24, 2.45) is 0 Å². The molecule has 6 aromatic carbocycles. The molecule has 0 spiro atoms. The second-order valence-electron chi connectivity index (χ2n) is 27.0. The number of nitrogens with zero attached hydrogens (tertiary/aromatic N) is 8. The van der Waals surface area contributed by atoms with Crippen LogP contribution in [-0.4, -0.2) is 334 Å². The lowest BCUT2D eigenvalue weighted by Crippen LogP contribution is -2.50. The Balaban J connectivity index is 0.819. The lowest BCUT2D eigenvalue weighted by atomic mass is 9.92. The molecule has 40 nitrogen and oxygen atoms in total. The number of rotatable bonds is 33. The highest BCUT2D eigenvalue weighted by Crippen LogP contribution is 2.46. The molecule has 40 heteroatoms. The Morgan fingerprint density at radius 3 is 0.819 bits per heavy atom. The molecule has 6 aromatic rings. The van der Waals surface area contributed by atoms with Crippen LogP contribution in [0.5, 0.6) is 23.0 Å². The van der Waals surface area contributed by atoms with E-state index < -0.39 is 95.7 Å². The van der Waals surface area contributed by atoms with Gasteiger partial charge in [0, 0.05) is 116 Å². The summed E-state index contributed by atoms with van der Waals surface area (Å²) in [5, 5.41) is 85.2. The number of hydrazine groups is 2. The molecule has 0 aromatic heterocycles.